The Morgan fingerprint density at radius 2 is 1.81 bits per heavy atom. The smallest absolute Gasteiger partial charge is 0.126 e. The van der Waals surface area contributed by atoms with Crippen molar-refractivity contribution in [2.45, 2.75) is 26.3 Å². The van der Waals surface area contributed by atoms with Crippen molar-refractivity contribution in [2.24, 2.45) is 5.73 Å². The van der Waals surface area contributed by atoms with E-state index in [1.54, 1.807) is 0 Å². The van der Waals surface area contributed by atoms with Gasteiger partial charge in [0.1, 0.15) is 5.82 Å². The largest absolute Gasteiger partial charge is 0.344 e. The average molecular weight is 215 g/mol. The molecule has 2 rings (SSSR count). The van der Waals surface area contributed by atoms with Gasteiger partial charge >= 0.3 is 0 Å². The SMILES string of the molecule is Cc1[nH]c(C(C)(C)N)nc1-c1ccccc1. The number of hydrogen-bond donors (Lipinski definition) is 2. The highest BCUT2D eigenvalue weighted by atomic mass is 15.0. The molecular formula is C13H17N3. The number of benzene rings is 1. The molecule has 0 saturated heterocycles. The Morgan fingerprint density at radius 1 is 1.19 bits per heavy atom. The Balaban J connectivity index is 2.48. The molecule has 0 unspecified atom stereocenters. The first kappa shape index (κ1) is 10.9. The lowest BCUT2D eigenvalue weighted by Crippen LogP contribution is -2.30. The summed E-state index contributed by atoms with van der Waals surface area (Å²) in [4.78, 5) is 7.82. The van der Waals surface area contributed by atoms with Crippen LogP contribution < -0.4 is 5.73 Å². The molecule has 16 heavy (non-hydrogen) atoms. The Kier molecular flexibility index (Phi) is 2.56. The molecule has 84 valence electrons. The molecule has 0 aliphatic carbocycles. The van der Waals surface area contributed by atoms with Crippen LogP contribution in [0.5, 0.6) is 0 Å². The summed E-state index contributed by atoms with van der Waals surface area (Å²) in [7, 11) is 0. The molecule has 3 nitrogen and oxygen atoms in total. The quantitative estimate of drug-likeness (QED) is 0.809. The fourth-order valence-corrected chi connectivity index (χ4v) is 1.64. The molecule has 0 aliphatic rings. The second-order valence-corrected chi connectivity index (χ2v) is 4.65. The summed E-state index contributed by atoms with van der Waals surface area (Å²) in [5.41, 5.74) is 8.74. The van der Waals surface area contributed by atoms with Gasteiger partial charge in [0.2, 0.25) is 0 Å². The third kappa shape index (κ3) is 1.99. The highest BCUT2D eigenvalue weighted by Crippen LogP contribution is 2.23. The van der Waals surface area contributed by atoms with Crippen molar-refractivity contribution >= 4 is 0 Å². The fourth-order valence-electron chi connectivity index (χ4n) is 1.64. The van der Waals surface area contributed by atoms with Gasteiger partial charge in [-0.05, 0) is 20.8 Å². The monoisotopic (exact) mass is 215 g/mol. The lowest BCUT2D eigenvalue weighted by molar-refractivity contribution is 0.520. The third-order valence-electron chi connectivity index (χ3n) is 2.54. The van der Waals surface area contributed by atoms with E-state index in [1.165, 1.54) is 0 Å². The topological polar surface area (TPSA) is 54.7 Å². The van der Waals surface area contributed by atoms with Crippen LogP contribution in [0.25, 0.3) is 11.3 Å². The van der Waals surface area contributed by atoms with E-state index in [9.17, 15) is 0 Å². The summed E-state index contributed by atoms with van der Waals surface area (Å²) in [6.07, 6.45) is 0. The standard InChI is InChI=1S/C13H17N3/c1-9-11(10-7-5-4-6-8-10)16-12(15-9)13(2,3)14/h4-8H,14H2,1-3H3,(H,15,16). The van der Waals surface area contributed by atoms with Crippen molar-refractivity contribution in [3.8, 4) is 11.3 Å². The first-order chi connectivity index (χ1) is 7.48. The van der Waals surface area contributed by atoms with E-state index in [1.807, 2.05) is 39.0 Å². The van der Waals surface area contributed by atoms with Gasteiger partial charge in [-0.25, -0.2) is 4.98 Å². The van der Waals surface area contributed by atoms with Crippen molar-refractivity contribution in [2.75, 3.05) is 0 Å². The lowest BCUT2D eigenvalue weighted by Gasteiger charge is -2.14. The van der Waals surface area contributed by atoms with Gasteiger partial charge in [0.05, 0.1) is 11.2 Å². The first-order valence-electron chi connectivity index (χ1n) is 5.40. The number of aryl methyl sites for hydroxylation is 1. The number of H-pyrrole nitrogens is 1. The highest BCUT2D eigenvalue weighted by molar-refractivity contribution is 5.61. The van der Waals surface area contributed by atoms with Crippen molar-refractivity contribution < 1.29 is 0 Å². The second kappa shape index (κ2) is 3.76. The average Bonchev–Trinajstić information content (AvgIpc) is 2.61. The molecule has 0 atom stereocenters. The summed E-state index contributed by atoms with van der Waals surface area (Å²) in [6.45, 7) is 5.91. The van der Waals surface area contributed by atoms with Crippen molar-refractivity contribution in [1.29, 1.82) is 0 Å². The van der Waals surface area contributed by atoms with Crippen LogP contribution in [0.15, 0.2) is 30.3 Å². The number of aromatic nitrogens is 2. The number of hydrogen-bond acceptors (Lipinski definition) is 2. The minimum Gasteiger partial charge on any atom is -0.344 e. The second-order valence-electron chi connectivity index (χ2n) is 4.65. The maximum atomic E-state index is 6.02. The molecule has 0 bridgehead atoms. The van der Waals surface area contributed by atoms with E-state index in [4.69, 9.17) is 5.73 Å². The summed E-state index contributed by atoms with van der Waals surface area (Å²) in [5, 5.41) is 0. The normalized spacial score (nSPS) is 11.8. The van der Waals surface area contributed by atoms with E-state index in [0.717, 1.165) is 22.8 Å². The van der Waals surface area contributed by atoms with Gasteiger partial charge in [0.15, 0.2) is 0 Å². The third-order valence-corrected chi connectivity index (χ3v) is 2.54. The van der Waals surface area contributed by atoms with E-state index >= 15 is 0 Å². The molecule has 2 aromatic rings. The molecule has 1 aromatic heterocycles. The van der Waals surface area contributed by atoms with Crippen LogP contribution in [0, 0.1) is 6.92 Å². The number of aromatic amines is 1. The molecule has 3 heteroatoms. The number of nitrogens with zero attached hydrogens (tertiary/aromatic N) is 1. The summed E-state index contributed by atoms with van der Waals surface area (Å²) < 4.78 is 0. The zero-order chi connectivity index (χ0) is 11.8. The van der Waals surface area contributed by atoms with E-state index in [0.29, 0.717) is 0 Å². The van der Waals surface area contributed by atoms with Crippen LogP contribution in [0.3, 0.4) is 0 Å². The van der Waals surface area contributed by atoms with Gasteiger partial charge in [-0.15, -0.1) is 0 Å². The molecule has 1 aromatic carbocycles. The molecule has 0 amide bonds. The van der Waals surface area contributed by atoms with Gasteiger partial charge in [0, 0.05) is 11.3 Å². The van der Waals surface area contributed by atoms with E-state index in [-0.39, 0.29) is 0 Å². The Labute approximate surface area is 95.7 Å². The molecular weight excluding hydrogens is 198 g/mol. The molecule has 0 aliphatic heterocycles. The number of imidazole rings is 1. The minimum absolute atomic E-state index is 0.433. The van der Waals surface area contributed by atoms with Gasteiger partial charge < -0.3 is 10.7 Å². The number of rotatable bonds is 2. The summed E-state index contributed by atoms with van der Waals surface area (Å²) in [5.74, 6) is 0.823. The van der Waals surface area contributed by atoms with Crippen molar-refractivity contribution in [3.05, 3.63) is 41.9 Å². The van der Waals surface area contributed by atoms with Crippen LogP contribution in [-0.2, 0) is 5.54 Å². The van der Waals surface area contributed by atoms with Gasteiger partial charge in [-0.3, -0.25) is 0 Å². The maximum absolute atomic E-state index is 6.02. The Bertz CT molecular complexity index is 478. The summed E-state index contributed by atoms with van der Waals surface area (Å²) >= 11 is 0. The number of nitrogens with two attached hydrogens (primary N) is 1. The van der Waals surface area contributed by atoms with Crippen molar-refractivity contribution in [1.82, 2.24) is 9.97 Å². The highest BCUT2D eigenvalue weighted by Gasteiger charge is 2.20. The van der Waals surface area contributed by atoms with Crippen LogP contribution in [0.2, 0.25) is 0 Å². The molecule has 0 spiro atoms. The molecule has 0 radical (unpaired) electrons. The van der Waals surface area contributed by atoms with Crippen LogP contribution >= 0.6 is 0 Å². The van der Waals surface area contributed by atoms with Crippen molar-refractivity contribution in [3.63, 3.8) is 0 Å². The Morgan fingerprint density at radius 3 is 2.31 bits per heavy atom. The van der Waals surface area contributed by atoms with Gasteiger partial charge in [-0.2, -0.15) is 0 Å². The zero-order valence-electron chi connectivity index (χ0n) is 9.91. The Hall–Kier alpha value is -1.61. The predicted molar refractivity (Wildman–Crippen MR) is 66.0 cm³/mol. The molecule has 0 saturated carbocycles. The van der Waals surface area contributed by atoms with Crippen LogP contribution in [-0.4, -0.2) is 9.97 Å². The number of nitrogens with one attached hydrogen (secondary N) is 1. The van der Waals surface area contributed by atoms with Crippen LogP contribution in [0.1, 0.15) is 25.4 Å². The predicted octanol–water partition coefficient (Wildman–Crippen LogP) is 2.58. The summed E-state index contributed by atoms with van der Waals surface area (Å²) in [6, 6.07) is 10.1. The lowest BCUT2D eigenvalue weighted by atomic mass is 10.1. The minimum atomic E-state index is -0.433. The molecule has 1 heterocycles. The van der Waals surface area contributed by atoms with Crippen LogP contribution in [0.4, 0.5) is 0 Å². The zero-order valence-corrected chi connectivity index (χ0v) is 9.91. The van der Waals surface area contributed by atoms with E-state index in [2.05, 4.69) is 22.1 Å². The maximum Gasteiger partial charge on any atom is 0.126 e. The van der Waals surface area contributed by atoms with Gasteiger partial charge in [-0.1, -0.05) is 30.3 Å². The molecule has 3 N–H and O–H groups in total. The molecule has 0 fully saturated rings. The fraction of sp³-hybridized carbons (Fsp3) is 0.308. The first-order valence-corrected chi connectivity index (χ1v) is 5.40. The van der Waals surface area contributed by atoms with Gasteiger partial charge in [0.25, 0.3) is 0 Å². The van der Waals surface area contributed by atoms with E-state index < -0.39 is 5.54 Å².